The molecule has 23 nitrogen and oxygen atoms in total. The third-order valence-corrected chi connectivity index (χ3v) is 22.8. The fraction of sp³-hybridized carbons (Fsp3) is 0.821. The Morgan fingerprint density at radius 3 is 1.36 bits per heavy atom. The maximum Gasteiger partial charge on any atom is 0.246 e. The molecule has 24 heteroatoms. The van der Waals surface area contributed by atoms with Gasteiger partial charge in [0.1, 0.15) is 54.6 Å². The monoisotopic (exact) mass is 1300 g/mol. The molecule has 1 aliphatic rings. The lowest BCUT2D eigenvalue weighted by Gasteiger charge is -2.46. The molecule has 0 unspecified atom stereocenters. The molecule has 522 valence electrons. The highest BCUT2D eigenvalue weighted by Gasteiger charge is 2.49. The van der Waals surface area contributed by atoms with E-state index >= 15 is 19.2 Å². The third kappa shape index (κ3) is 23.0. The number of hydrogen-bond donors (Lipinski definition) is 3. The molecule has 0 radical (unpaired) electrons. The summed E-state index contributed by atoms with van der Waals surface area (Å²) in [5.74, 6) is -10.2. The molecule has 12 atom stereocenters. The van der Waals surface area contributed by atoms with Gasteiger partial charge >= 0.3 is 0 Å². The minimum atomic E-state index is -2.88. The minimum Gasteiger partial charge on any atom is -0.411 e. The first kappa shape index (κ1) is 83.2. The molecule has 0 aliphatic carbocycles. The summed E-state index contributed by atoms with van der Waals surface area (Å²) < 4.78 is 7.09. The van der Waals surface area contributed by atoms with Gasteiger partial charge in [-0.3, -0.25) is 52.7 Å². The van der Waals surface area contributed by atoms with Crippen LogP contribution in [0.1, 0.15) is 176 Å². The van der Waals surface area contributed by atoms with Gasteiger partial charge in [-0.25, -0.2) is 0 Å². The van der Waals surface area contributed by atoms with Crippen LogP contribution in [0.4, 0.5) is 0 Å². The van der Waals surface area contributed by atoms with Crippen molar-refractivity contribution in [3.05, 3.63) is 0 Å². The second-order valence-corrected chi connectivity index (χ2v) is 34.6. The molecule has 1 heterocycles. The van der Waals surface area contributed by atoms with Crippen molar-refractivity contribution in [2.24, 2.45) is 47.3 Å². The summed E-state index contributed by atoms with van der Waals surface area (Å²) in [4.78, 5) is 184. The summed E-state index contributed by atoms with van der Waals surface area (Å²) in [5, 5.41) is 8.11. The van der Waals surface area contributed by atoms with Crippen LogP contribution in [0.2, 0.25) is 18.1 Å². The molecule has 3 N–H and O–H groups in total. The lowest BCUT2D eigenvalue weighted by Crippen LogP contribution is -2.65. The summed E-state index contributed by atoms with van der Waals surface area (Å²) in [6.07, 6.45) is -0.153. The maximum absolute atomic E-state index is 15.7. The van der Waals surface area contributed by atoms with Gasteiger partial charge < -0.3 is 59.5 Å². The molecule has 0 aromatic rings. The second kappa shape index (κ2) is 36.0. The Kier molecular flexibility index (Phi) is 33.0. The number of aldehydes is 1. The molecule has 0 aromatic heterocycles. The number of carbonyl (C=O) groups is 12. The first-order valence-electron chi connectivity index (χ1n) is 33.0. The van der Waals surface area contributed by atoms with Gasteiger partial charge in [0.25, 0.3) is 0 Å². The molecule has 10 amide bonds. The second-order valence-electron chi connectivity index (χ2n) is 29.9. The smallest absolute Gasteiger partial charge is 0.246 e. The highest BCUT2D eigenvalue weighted by molar-refractivity contribution is 6.74. The van der Waals surface area contributed by atoms with Crippen LogP contribution in [0, 0.1) is 47.3 Å². The molecular weight excluding hydrogens is 1180 g/mol. The van der Waals surface area contributed by atoms with Crippen molar-refractivity contribution < 1.29 is 62.0 Å². The third-order valence-electron chi connectivity index (χ3n) is 18.3. The number of amides is 10. The van der Waals surface area contributed by atoms with Crippen molar-refractivity contribution in [1.29, 1.82) is 0 Å². The molecule has 0 spiro atoms. The van der Waals surface area contributed by atoms with Gasteiger partial charge in [0.05, 0.1) is 18.7 Å². The van der Waals surface area contributed by atoms with Gasteiger partial charge in [-0.15, -0.1) is 0 Å². The van der Waals surface area contributed by atoms with E-state index in [4.69, 9.17) is 4.43 Å². The van der Waals surface area contributed by atoms with Crippen LogP contribution in [0.5, 0.6) is 0 Å². The van der Waals surface area contributed by atoms with E-state index < -0.39 is 169 Å². The Morgan fingerprint density at radius 2 is 0.934 bits per heavy atom. The molecule has 1 rings (SSSR count). The van der Waals surface area contributed by atoms with E-state index in [1.165, 1.54) is 85.7 Å². The van der Waals surface area contributed by atoms with E-state index in [1.807, 2.05) is 89.3 Å². The summed E-state index contributed by atoms with van der Waals surface area (Å²) in [6, 6.07) is -10.9. The molecule has 1 saturated heterocycles. The summed E-state index contributed by atoms with van der Waals surface area (Å²) >= 11 is 0. The zero-order valence-electron chi connectivity index (χ0n) is 61.1. The number of ketones is 1. The van der Waals surface area contributed by atoms with Crippen molar-refractivity contribution >= 4 is 79.5 Å². The SMILES string of the molecule is CC[C@H]1NC(=O)[C@@H]([C@H](O[Si](C)(C)C(C)(C)C)[C@H](C)CC=O)N(C)C(=O)[C@@H](C(C)C)N(C)C(=O)[C@@H](CC(C)C)N(C)C(=O)[C@@H](CC(C)C)N(C)C(=O)[C@H](C)CC(=O)[C@@H](C)NC(=O)[C@@H](CC(C)C)N(C)C(=O)[C@@H](C(C)C)NC(=O)[C@H](CC(C)C)N(C)C(=O)CN(C)C1=O. The first-order chi connectivity index (χ1) is 41.6. The van der Waals surface area contributed by atoms with E-state index in [9.17, 15) is 38.4 Å². The highest BCUT2D eigenvalue weighted by atomic mass is 28.4. The summed E-state index contributed by atoms with van der Waals surface area (Å²) in [6.45, 7) is 37.9. The lowest BCUT2D eigenvalue weighted by molar-refractivity contribution is -0.157. The van der Waals surface area contributed by atoms with E-state index in [-0.39, 0.29) is 68.6 Å². The summed E-state index contributed by atoms with van der Waals surface area (Å²) in [7, 11) is 7.26. The van der Waals surface area contributed by atoms with Gasteiger partial charge in [0.2, 0.25) is 59.1 Å². The normalized spacial score (nSPS) is 26.3. The average Bonchev–Trinajstić information content (AvgIpc) is 0.816. The van der Waals surface area contributed by atoms with E-state index in [0.717, 1.165) is 4.90 Å². The number of hydrogen-bond acceptors (Lipinski definition) is 13. The van der Waals surface area contributed by atoms with Crippen LogP contribution in [0.3, 0.4) is 0 Å². The van der Waals surface area contributed by atoms with Gasteiger partial charge in [-0.1, -0.05) is 125 Å². The van der Waals surface area contributed by atoms with Gasteiger partial charge in [-0.2, -0.15) is 0 Å². The fourth-order valence-corrected chi connectivity index (χ4v) is 12.8. The van der Waals surface area contributed by atoms with E-state index in [0.29, 0.717) is 6.29 Å². The summed E-state index contributed by atoms with van der Waals surface area (Å²) in [5.41, 5.74) is 0. The molecule has 1 aliphatic heterocycles. The van der Waals surface area contributed by atoms with Gasteiger partial charge in [-0.05, 0) is 98.6 Å². The number of carbonyl (C=O) groups excluding carboxylic acids is 12. The predicted molar refractivity (Wildman–Crippen MR) is 357 cm³/mol. The topological polar surface area (TPSA) is 273 Å². The van der Waals surface area contributed by atoms with Crippen molar-refractivity contribution in [2.45, 2.75) is 255 Å². The predicted octanol–water partition coefficient (Wildman–Crippen LogP) is 6.01. The largest absolute Gasteiger partial charge is 0.411 e. The van der Waals surface area contributed by atoms with Crippen molar-refractivity contribution in [3.63, 3.8) is 0 Å². The Balaban J connectivity index is 4.53. The van der Waals surface area contributed by atoms with Crippen LogP contribution in [0.15, 0.2) is 0 Å². The minimum absolute atomic E-state index is 0.0194. The molecule has 0 aromatic carbocycles. The number of likely N-dealkylation sites (N-methyl/N-ethyl adjacent to an activating group) is 7. The Hall–Kier alpha value is -5.78. The van der Waals surface area contributed by atoms with Crippen molar-refractivity contribution in [3.8, 4) is 0 Å². The van der Waals surface area contributed by atoms with Crippen molar-refractivity contribution in [2.75, 3.05) is 55.9 Å². The number of nitrogens with zero attached hydrogens (tertiary/aromatic N) is 7. The number of rotatable bonds is 17. The maximum atomic E-state index is 15.7. The van der Waals surface area contributed by atoms with Crippen LogP contribution >= 0.6 is 0 Å². The van der Waals surface area contributed by atoms with Crippen LogP contribution < -0.4 is 16.0 Å². The molecule has 0 saturated carbocycles. The molecule has 91 heavy (non-hydrogen) atoms. The lowest BCUT2D eigenvalue weighted by atomic mass is 9.91. The first-order valence-corrected chi connectivity index (χ1v) is 35.9. The number of Topliss-reactive ketones (excluding diaryl/α,β-unsaturated/α-hetero) is 1. The van der Waals surface area contributed by atoms with E-state index in [2.05, 4.69) is 16.0 Å². The molecule has 0 bridgehead atoms. The average molecular weight is 1300 g/mol. The van der Waals surface area contributed by atoms with Crippen LogP contribution in [0.25, 0.3) is 0 Å². The standard InChI is InChI=1S/C67H122N10O13Si/c1-29-47-62(85)71(20)37-53(80)72(21)48(32-38(2)3)59(82)70-54(42(10)11)65(88)73(22)49(33-39(4)5)58(81)68-46(16)52(79)36-45(15)61(84)74(23)50(34-40(6)7)63(86)75(24)51(35-41(8)9)64(87)76(25)55(43(12)13)66(89)77(26)56(60(83)69-47)57(44(14)30-31-78)90-91(27,28)67(17,18)19/h31,38-51,54-57H,29-30,32-37H2,1-28H3,(H,68,81)(H,69,83)(H,70,82)/t44-,45-,46-,47-,48+,49-,50-,51-,54-,55-,56-,57-/m1/s1. The fourth-order valence-electron chi connectivity index (χ4n) is 11.4. The zero-order chi connectivity index (χ0) is 71.0. The van der Waals surface area contributed by atoms with Gasteiger partial charge in [0, 0.05) is 68.1 Å². The highest BCUT2D eigenvalue weighted by Crippen LogP contribution is 2.40. The quantitative estimate of drug-likeness (QED) is 0.111. The molecular formula is C67H122N10O13Si. The van der Waals surface area contributed by atoms with E-state index in [1.54, 1.807) is 48.5 Å². The zero-order valence-corrected chi connectivity index (χ0v) is 62.1. The van der Waals surface area contributed by atoms with Crippen LogP contribution in [-0.4, -0.2) is 230 Å². The number of nitrogens with one attached hydrogen (secondary N) is 3. The Morgan fingerprint density at radius 1 is 0.516 bits per heavy atom. The Labute approximate surface area is 547 Å². The molecule has 1 fully saturated rings. The van der Waals surface area contributed by atoms with Crippen molar-refractivity contribution in [1.82, 2.24) is 50.2 Å². The Bertz CT molecular complexity index is 2520. The van der Waals surface area contributed by atoms with Gasteiger partial charge in [0.15, 0.2) is 14.1 Å². The van der Waals surface area contributed by atoms with Crippen LogP contribution in [-0.2, 0) is 62.0 Å².